The van der Waals surface area contributed by atoms with Crippen molar-refractivity contribution in [1.82, 2.24) is 14.7 Å². The van der Waals surface area contributed by atoms with Crippen LogP contribution in [0, 0.1) is 5.92 Å². The Bertz CT molecular complexity index is 755. The van der Waals surface area contributed by atoms with Crippen LogP contribution in [0.25, 0.3) is 0 Å². The van der Waals surface area contributed by atoms with Crippen molar-refractivity contribution in [3.8, 4) is 5.75 Å². The third-order valence-corrected chi connectivity index (χ3v) is 6.63. The van der Waals surface area contributed by atoms with E-state index in [9.17, 15) is 9.59 Å². The van der Waals surface area contributed by atoms with Crippen LogP contribution in [0.3, 0.4) is 0 Å². The van der Waals surface area contributed by atoms with Gasteiger partial charge in [-0.2, -0.15) is 0 Å². The molecule has 0 bridgehead atoms. The zero-order valence-electron chi connectivity index (χ0n) is 17.7. The monoisotopic (exact) mass is 399 g/mol. The summed E-state index contributed by atoms with van der Waals surface area (Å²) in [6.07, 6.45) is 5.59. The molecule has 0 radical (unpaired) electrons. The summed E-state index contributed by atoms with van der Waals surface area (Å²) in [4.78, 5) is 31.1. The number of ether oxygens (including phenoxy) is 1. The van der Waals surface area contributed by atoms with E-state index in [0.29, 0.717) is 32.0 Å². The molecule has 3 aliphatic rings. The van der Waals surface area contributed by atoms with Gasteiger partial charge in [-0.05, 0) is 58.2 Å². The van der Waals surface area contributed by atoms with Crippen LogP contribution in [0.4, 0.5) is 0 Å². The van der Waals surface area contributed by atoms with Crippen LogP contribution in [0.5, 0.6) is 5.75 Å². The number of carbonyl (C=O) groups excluding carboxylic acids is 2. The van der Waals surface area contributed by atoms with Crippen LogP contribution >= 0.6 is 0 Å². The molecule has 1 aromatic rings. The van der Waals surface area contributed by atoms with Crippen molar-refractivity contribution in [1.29, 1.82) is 0 Å². The number of hydrogen-bond donors (Lipinski definition) is 0. The molecular weight excluding hydrogens is 366 g/mol. The van der Waals surface area contributed by atoms with Crippen LogP contribution < -0.4 is 4.74 Å². The number of fused-ring (bicyclic) bond motifs is 1. The van der Waals surface area contributed by atoms with Crippen molar-refractivity contribution in [2.45, 2.75) is 50.7 Å². The van der Waals surface area contributed by atoms with Gasteiger partial charge >= 0.3 is 0 Å². The number of carbonyl (C=O) groups is 2. The summed E-state index contributed by atoms with van der Waals surface area (Å²) < 4.78 is 6.62. The van der Waals surface area contributed by atoms with Gasteiger partial charge in [-0.15, -0.1) is 0 Å². The van der Waals surface area contributed by atoms with Crippen LogP contribution in [0.1, 0.15) is 44.1 Å². The Morgan fingerprint density at radius 3 is 2.69 bits per heavy atom. The fraction of sp³-hybridized carbons (Fsp3) is 0.652. The molecule has 0 N–H and O–H groups in total. The molecule has 1 aliphatic carbocycles. The number of nitrogens with zero attached hydrogens (tertiary/aromatic N) is 3. The summed E-state index contributed by atoms with van der Waals surface area (Å²) >= 11 is 0. The minimum atomic E-state index is -0.319. The lowest BCUT2D eigenvalue weighted by Crippen LogP contribution is -2.51. The number of likely N-dealkylation sites (tertiary alicyclic amines) is 1. The van der Waals surface area contributed by atoms with Gasteiger partial charge in [0.05, 0.1) is 13.1 Å². The molecule has 1 saturated heterocycles. The lowest BCUT2D eigenvalue weighted by Gasteiger charge is -2.42. The van der Waals surface area contributed by atoms with E-state index in [-0.39, 0.29) is 24.0 Å². The maximum Gasteiger partial charge on any atom is 0.242 e. The van der Waals surface area contributed by atoms with Gasteiger partial charge in [-0.3, -0.25) is 9.59 Å². The van der Waals surface area contributed by atoms with Gasteiger partial charge in [0.25, 0.3) is 0 Å². The fourth-order valence-electron chi connectivity index (χ4n) is 5.08. The minimum Gasteiger partial charge on any atom is -0.485 e. The smallest absolute Gasteiger partial charge is 0.242 e. The van der Waals surface area contributed by atoms with E-state index >= 15 is 0 Å². The van der Waals surface area contributed by atoms with Gasteiger partial charge in [0.2, 0.25) is 11.8 Å². The van der Waals surface area contributed by atoms with E-state index in [0.717, 1.165) is 50.0 Å². The van der Waals surface area contributed by atoms with Crippen molar-refractivity contribution >= 4 is 11.8 Å². The van der Waals surface area contributed by atoms with Crippen molar-refractivity contribution in [2.75, 3.05) is 40.3 Å². The zero-order valence-corrected chi connectivity index (χ0v) is 17.7. The van der Waals surface area contributed by atoms with E-state index in [1.54, 1.807) is 4.90 Å². The van der Waals surface area contributed by atoms with Crippen molar-refractivity contribution in [3.63, 3.8) is 0 Å². The van der Waals surface area contributed by atoms with Crippen molar-refractivity contribution in [2.24, 2.45) is 5.92 Å². The lowest BCUT2D eigenvalue weighted by atomic mass is 9.78. The molecule has 1 saturated carbocycles. The molecule has 2 heterocycles. The molecule has 6 heteroatoms. The van der Waals surface area contributed by atoms with Crippen molar-refractivity contribution in [3.05, 3.63) is 29.8 Å². The summed E-state index contributed by atoms with van der Waals surface area (Å²) in [5.74, 6) is 1.73. The second-order valence-electron chi connectivity index (χ2n) is 9.27. The summed E-state index contributed by atoms with van der Waals surface area (Å²) in [6, 6.07) is 8.08. The Labute approximate surface area is 173 Å². The molecule has 2 amide bonds. The van der Waals surface area contributed by atoms with Gasteiger partial charge in [-0.25, -0.2) is 0 Å². The third kappa shape index (κ3) is 4.58. The Balaban J connectivity index is 1.52. The van der Waals surface area contributed by atoms with Crippen LogP contribution in [0.15, 0.2) is 24.3 Å². The average molecular weight is 400 g/mol. The highest BCUT2D eigenvalue weighted by molar-refractivity contribution is 5.86. The van der Waals surface area contributed by atoms with Gasteiger partial charge < -0.3 is 19.4 Å². The summed E-state index contributed by atoms with van der Waals surface area (Å²) in [7, 11) is 4.26. The molecule has 4 rings (SSSR count). The predicted molar refractivity (Wildman–Crippen MR) is 112 cm³/mol. The maximum absolute atomic E-state index is 13.2. The molecule has 158 valence electrons. The first-order chi connectivity index (χ1) is 13.9. The first-order valence-corrected chi connectivity index (χ1v) is 10.9. The standard InChI is InChI=1S/C23H33N3O3/c1-24(2)14-18-9-11-23(12-10-18)17-26(15-19-6-3-4-7-20(19)29-23)22(28)16-25-13-5-8-21(25)27/h3-4,6-7,18H,5,8-17H2,1-2H3. The van der Waals surface area contributed by atoms with Crippen molar-refractivity contribution < 1.29 is 14.3 Å². The van der Waals surface area contributed by atoms with Crippen LogP contribution in [-0.2, 0) is 16.1 Å². The highest BCUT2D eigenvalue weighted by atomic mass is 16.5. The molecule has 1 aromatic carbocycles. The quantitative estimate of drug-likeness (QED) is 0.781. The maximum atomic E-state index is 13.2. The normalized spacial score (nSPS) is 27.1. The first kappa shape index (κ1) is 20.2. The molecule has 0 atom stereocenters. The molecule has 6 nitrogen and oxygen atoms in total. The van der Waals surface area contributed by atoms with E-state index in [1.165, 1.54) is 0 Å². The zero-order chi connectivity index (χ0) is 20.4. The first-order valence-electron chi connectivity index (χ1n) is 10.9. The molecule has 2 fully saturated rings. The number of benzene rings is 1. The Kier molecular flexibility index (Phi) is 5.81. The van der Waals surface area contributed by atoms with E-state index < -0.39 is 0 Å². The van der Waals surface area contributed by atoms with E-state index in [2.05, 4.69) is 19.0 Å². The topological polar surface area (TPSA) is 53.1 Å². The molecule has 1 spiro atoms. The van der Waals surface area contributed by atoms with Crippen LogP contribution in [-0.4, -0.2) is 72.4 Å². The predicted octanol–water partition coefficient (Wildman–Crippen LogP) is 2.52. The van der Waals surface area contributed by atoms with Gasteiger partial charge in [0.1, 0.15) is 11.4 Å². The summed E-state index contributed by atoms with van der Waals surface area (Å²) in [5, 5.41) is 0. The Morgan fingerprint density at radius 2 is 2.00 bits per heavy atom. The highest BCUT2D eigenvalue weighted by Gasteiger charge is 2.42. The molecule has 0 aromatic heterocycles. The fourth-order valence-corrected chi connectivity index (χ4v) is 5.08. The number of hydrogen-bond acceptors (Lipinski definition) is 4. The highest BCUT2D eigenvalue weighted by Crippen LogP contribution is 2.40. The molecule has 0 unspecified atom stereocenters. The average Bonchev–Trinajstić information content (AvgIpc) is 3.01. The van der Waals surface area contributed by atoms with Gasteiger partial charge in [0, 0.05) is 31.6 Å². The third-order valence-electron chi connectivity index (χ3n) is 6.63. The summed E-state index contributed by atoms with van der Waals surface area (Å²) in [5.41, 5.74) is 0.737. The van der Waals surface area contributed by atoms with E-state index in [4.69, 9.17) is 4.74 Å². The lowest BCUT2D eigenvalue weighted by molar-refractivity contribution is -0.140. The van der Waals surface area contributed by atoms with Crippen LogP contribution in [0.2, 0.25) is 0 Å². The van der Waals surface area contributed by atoms with Gasteiger partial charge in [-0.1, -0.05) is 18.2 Å². The molecule has 29 heavy (non-hydrogen) atoms. The van der Waals surface area contributed by atoms with Gasteiger partial charge in [0.15, 0.2) is 0 Å². The molecule has 2 aliphatic heterocycles. The Morgan fingerprint density at radius 1 is 1.24 bits per heavy atom. The molecular formula is C23H33N3O3. The number of para-hydroxylation sites is 1. The number of amides is 2. The number of rotatable bonds is 4. The largest absolute Gasteiger partial charge is 0.485 e. The second kappa shape index (κ2) is 8.34. The SMILES string of the molecule is CN(C)CC1CCC2(CC1)CN(C(=O)CN1CCCC1=O)Cc1ccccc1O2. The van der Waals surface area contributed by atoms with E-state index in [1.807, 2.05) is 29.2 Å². The second-order valence-corrected chi connectivity index (χ2v) is 9.27. The minimum absolute atomic E-state index is 0.0374. The Hall–Kier alpha value is -2.08. The summed E-state index contributed by atoms with van der Waals surface area (Å²) in [6.45, 7) is 3.16.